The third-order valence-corrected chi connectivity index (χ3v) is 2.58. The van der Waals surface area contributed by atoms with Crippen molar-refractivity contribution < 1.29 is 17.9 Å². The summed E-state index contributed by atoms with van der Waals surface area (Å²) >= 11 is 1.27. The highest BCUT2D eigenvalue weighted by Crippen LogP contribution is 2.38. The maximum atomic E-state index is 12.7. The molecule has 5 heteroatoms. The van der Waals surface area contributed by atoms with Crippen molar-refractivity contribution in [3.63, 3.8) is 0 Å². The first kappa shape index (κ1) is 13.2. The molecule has 16 heavy (non-hydrogen) atoms. The van der Waals surface area contributed by atoms with Gasteiger partial charge in [-0.05, 0) is 38.3 Å². The molecule has 0 heterocycles. The van der Waals surface area contributed by atoms with Crippen LogP contribution in [0.15, 0.2) is 23.1 Å². The van der Waals surface area contributed by atoms with Crippen LogP contribution in [0.25, 0.3) is 0 Å². The number of alkyl halides is 3. The average molecular weight is 250 g/mol. The zero-order valence-corrected chi connectivity index (χ0v) is 10.1. The molecule has 0 aliphatic rings. The summed E-state index contributed by atoms with van der Waals surface area (Å²) in [5.74, 6) is -0.111. The highest BCUT2D eigenvalue weighted by molar-refractivity contribution is 7.98. The van der Waals surface area contributed by atoms with E-state index >= 15 is 0 Å². The predicted octanol–water partition coefficient (Wildman–Crippen LogP) is 4.21. The highest BCUT2D eigenvalue weighted by Gasteiger charge is 2.34. The average Bonchev–Trinajstić information content (AvgIpc) is 2.15. The van der Waals surface area contributed by atoms with E-state index < -0.39 is 11.7 Å². The van der Waals surface area contributed by atoms with Gasteiger partial charge in [0.2, 0.25) is 0 Å². The molecule has 0 unspecified atom stereocenters. The van der Waals surface area contributed by atoms with Crippen molar-refractivity contribution in [3.8, 4) is 5.75 Å². The van der Waals surface area contributed by atoms with Gasteiger partial charge >= 0.3 is 6.18 Å². The minimum Gasteiger partial charge on any atom is -0.490 e. The Morgan fingerprint density at radius 2 is 1.88 bits per heavy atom. The molecule has 0 amide bonds. The minimum absolute atomic E-state index is 0.111. The summed E-state index contributed by atoms with van der Waals surface area (Å²) < 4.78 is 43.3. The molecule has 0 atom stereocenters. The molecule has 0 N–H and O–H groups in total. The SMILES string of the molecule is CSc1ccc(OC(C)C)c(C(F)(F)F)c1. The number of hydrogen-bond acceptors (Lipinski definition) is 2. The number of halogens is 3. The number of rotatable bonds is 3. The van der Waals surface area contributed by atoms with Gasteiger partial charge in [-0.2, -0.15) is 13.2 Å². The smallest absolute Gasteiger partial charge is 0.420 e. The lowest BCUT2D eigenvalue weighted by Gasteiger charge is -2.16. The van der Waals surface area contributed by atoms with E-state index in [2.05, 4.69) is 0 Å². The first-order valence-electron chi connectivity index (χ1n) is 4.76. The van der Waals surface area contributed by atoms with Crippen molar-refractivity contribution in [2.24, 2.45) is 0 Å². The van der Waals surface area contributed by atoms with Crippen LogP contribution in [-0.2, 0) is 6.18 Å². The Balaban J connectivity index is 3.17. The van der Waals surface area contributed by atoms with Gasteiger partial charge < -0.3 is 4.74 Å². The second-order valence-corrected chi connectivity index (χ2v) is 4.41. The van der Waals surface area contributed by atoms with E-state index in [0.29, 0.717) is 4.90 Å². The van der Waals surface area contributed by atoms with Crippen molar-refractivity contribution >= 4 is 11.8 Å². The molecule has 1 rings (SSSR count). The van der Waals surface area contributed by atoms with Crippen LogP contribution in [0.1, 0.15) is 19.4 Å². The second kappa shape index (κ2) is 4.99. The largest absolute Gasteiger partial charge is 0.490 e. The Labute approximate surface area is 97.0 Å². The maximum absolute atomic E-state index is 12.7. The summed E-state index contributed by atoms with van der Waals surface area (Å²) in [4.78, 5) is 0.573. The summed E-state index contributed by atoms with van der Waals surface area (Å²) in [5.41, 5.74) is -0.715. The zero-order chi connectivity index (χ0) is 12.3. The molecule has 1 aromatic carbocycles. The maximum Gasteiger partial charge on any atom is 0.420 e. The fourth-order valence-electron chi connectivity index (χ4n) is 1.21. The van der Waals surface area contributed by atoms with Crippen LogP contribution >= 0.6 is 11.8 Å². The molecule has 90 valence electrons. The van der Waals surface area contributed by atoms with Crippen molar-refractivity contribution in [1.29, 1.82) is 0 Å². The van der Waals surface area contributed by atoms with Crippen LogP contribution in [0, 0.1) is 0 Å². The van der Waals surface area contributed by atoms with Gasteiger partial charge in [-0.3, -0.25) is 0 Å². The van der Waals surface area contributed by atoms with Gasteiger partial charge in [-0.25, -0.2) is 0 Å². The van der Waals surface area contributed by atoms with Crippen LogP contribution in [0.3, 0.4) is 0 Å². The molecule has 0 aromatic heterocycles. The van der Waals surface area contributed by atoms with E-state index in [0.717, 1.165) is 6.07 Å². The molecular weight excluding hydrogens is 237 g/mol. The molecule has 1 nitrogen and oxygen atoms in total. The van der Waals surface area contributed by atoms with Gasteiger partial charge in [0.05, 0.1) is 11.7 Å². The molecule has 0 aliphatic carbocycles. The van der Waals surface area contributed by atoms with E-state index in [1.54, 1.807) is 26.2 Å². The van der Waals surface area contributed by atoms with Gasteiger partial charge in [0, 0.05) is 4.90 Å². The molecule has 0 saturated carbocycles. The fourth-order valence-corrected chi connectivity index (χ4v) is 1.65. The van der Waals surface area contributed by atoms with Crippen molar-refractivity contribution in [2.75, 3.05) is 6.26 Å². The highest BCUT2D eigenvalue weighted by atomic mass is 32.2. The van der Waals surface area contributed by atoms with Gasteiger partial charge in [-0.15, -0.1) is 11.8 Å². The summed E-state index contributed by atoms with van der Waals surface area (Å²) in [7, 11) is 0. The van der Waals surface area contributed by atoms with E-state index in [-0.39, 0.29) is 11.9 Å². The van der Waals surface area contributed by atoms with E-state index in [1.807, 2.05) is 0 Å². The summed E-state index contributed by atoms with van der Waals surface area (Å²) in [5, 5.41) is 0. The first-order valence-corrected chi connectivity index (χ1v) is 5.99. The Morgan fingerprint density at radius 1 is 1.25 bits per heavy atom. The molecule has 0 spiro atoms. The first-order chi connectivity index (χ1) is 7.34. The van der Waals surface area contributed by atoms with Gasteiger partial charge in [0.1, 0.15) is 5.75 Å². The van der Waals surface area contributed by atoms with Gasteiger partial charge in [-0.1, -0.05) is 0 Å². The van der Waals surface area contributed by atoms with Crippen molar-refractivity contribution in [2.45, 2.75) is 31.0 Å². The molecule has 0 aliphatic heterocycles. The van der Waals surface area contributed by atoms with E-state index in [4.69, 9.17) is 4.74 Å². The quantitative estimate of drug-likeness (QED) is 0.743. The zero-order valence-electron chi connectivity index (χ0n) is 9.26. The Hall–Kier alpha value is -0.840. The van der Waals surface area contributed by atoms with E-state index in [9.17, 15) is 13.2 Å². The number of hydrogen-bond donors (Lipinski definition) is 0. The standard InChI is InChI=1S/C11H13F3OS/c1-7(2)15-10-5-4-8(16-3)6-9(10)11(12,13)14/h4-7H,1-3H3. The molecule has 1 aromatic rings. The van der Waals surface area contributed by atoms with Crippen molar-refractivity contribution in [3.05, 3.63) is 23.8 Å². The Bertz CT molecular complexity index is 361. The molecule has 0 saturated heterocycles. The van der Waals surface area contributed by atoms with Crippen LogP contribution < -0.4 is 4.74 Å². The molecule has 0 fully saturated rings. The molecular formula is C11H13F3OS. The van der Waals surface area contributed by atoms with Crippen LogP contribution in [0.2, 0.25) is 0 Å². The number of benzene rings is 1. The summed E-state index contributed by atoms with van der Waals surface area (Å²) in [6, 6.07) is 4.11. The number of ether oxygens (including phenoxy) is 1. The topological polar surface area (TPSA) is 9.23 Å². The van der Waals surface area contributed by atoms with E-state index in [1.165, 1.54) is 17.8 Å². The van der Waals surface area contributed by atoms with Crippen LogP contribution in [-0.4, -0.2) is 12.4 Å². The lowest BCUT2D eigenvalue weighted by Crippen LogP contribution is -2.12. The lowest BCUT2D eigenvalue weighted by atomic mass is 10.2. The third kappa shape index (κ3) is 3.33. The predicted molar refractivity (Wildman–Crippen MR) is 59.0 cm³/mol. The lowest BCUT2D eigenvalue weighted by molar-refractivity contribution is -0.139. The molecule has 0 bridgehead atoms. The Morgan fingerprint density at radius 3 is 2.31 bits per heavy atom. The fraction of sp³-hybridized carbons (Fsp3) is 0.455. The van der Waals surface area contributed by atoms with Crippen LogP contribution in [0.5, 0.6) is 5.75 Å². The monoisotopic (exact) mass is 250 g/mol. The summed E-state index contributed by atoms with van der Waals surface area (Å²) in [6.45, 7) is 3.39. The van der Waals surface area contributed by atoms with Gasteiger partial charge in [0.25, 0.3) is 0 Å². The Kier molecular flexibility index (Phi) is 4.13. The summed E-state index contributed by atoms with van der Waals surface area (Å²) in [6.07, 6.45) is -2.92. The minimum atomic E-state index is -4.38. The normalized spacial score (nSPS) is 11.9. The van der Waals surface area contributed by atoms with Crippen LogP contribution in [0.4, 0.5) is 13.2 Å². The van der Waals surface area contributed by atoms with Crippen molar-refractivity contribution in [1.82, 2.24) is 0 Å². The number of thioether (sulfide) groups is 1. The third-order valence-electron chi connectivity index (χ3n) is 1.85. The molecule has 0 radical (unpaired) electrons. The van der Waals surface area contributed by atoms with Gasteiger partial charge in [0.15, 0.2) is 0 Å². The second-order valence-electron chi connectivity index (χ2n) is 3.53.